The molecule has 1 saturated heterocycles. The van der Waals surface area contributed by atoms with Crippen molar-refractivity contribution in [2.45, 2.75) is 4.90 Å². The van der Waals surface area contributed by atoms with Crippen molar-refractivity contribution in [2.24, 2.45) is 0 Å². The van der Waals surface area contributed by atoms with Gasteiger partial charge in [-0.3, -0.25) is 14.6 Å². The van der Waals surface area contributed by atoms with E-state index in [1.165, 1.54) is 47.7 Å². The van der Waals surface area contributed by atoms with Crippen LogP contribution >= 0.6 is 11.3 Å². The van der Waals surface area contributed by atoms with Crippen molar-refractivity contribution in [3.63, 3.8) is 0 Å². The molecule has 0 saturated carbocycles. The number of ether oxygens (including phenoxy) is 1. The summed E-state index contributed by atoms with van der Waals surface area (Å²) in [5.41, 5.74) is 0.984. The van der Waals surface area contributed by atoms with Crippen molar-refractivity contribution in [3.8, 4) is 0 Å². The van der Waals surface area contributed by atoms with Crippen molar-refractivity contribution in [2.75, 3.05) is 50.5 Å². The van der Waals surface area contributed by atoms with Crippen LogP contribution in [0.5, 0.6) is 0 Å². The number of halogens is 1. The van der Waals surface area contributed by atoms with Crippen molar-refractivity contribution < 1.29 is 22.3 Å². The van der Waals surface area contributed by atoms with Crippen LogP contribution in [0.4, 0.5) is 9.52 Å². The standard InChI is InChI=1S/C21H22FN3O4S2/c1-31(27,28)17-5-2-15(3-6-17)20(26)25(9-8-24-10-12-29-13-11-24)21-23-18-7-4-16(22)14-19(18)30-21/h2-7,14H,8-13H2,1H3. The maximum Gasteiger partial charge on any atom is 0.260 e. The summed E-state index contributed by atoms with van der Waals surface area (Å²) in [6.07, 6.45) is 1.12. The molecule has 1 aliphatic rings. The monoisotopic (exact) mass is 463 g/mol. The molecule has 1 amide bonds. The Morgan fingerprint density at radius 2 is 1.90 bits per heavy atom. The predicted molar refractivity (Wildman–Crippen MR) is 118 cm³/mol. The maximum absolute atomic E-state index is 13.6. The molecule has 1 fully saturated rings. The molecular formula is C21H22FN3O4S2. The van der Waals surface area contributed by atoms with Gasteiger partial charge in [-0.05, 0) is 42.5 Å². The summed E-state index contributed by atoms with van der Waals surface area (Å²) in [7, 11) is -3.35. The molecule has 3 aromatic rings. The zero-order valence-corrected chi connectivity index (χ0v) is 18.6. The Morgan fingerprint density at radius 3 is 2.58 bits per heavy atom. The average Bonchev–Trinajstić information content (AvgIpc) is 3.16. The largest absolute Gasteiger partial charge is 0.379 e. The molecule has 1 aliphatic heterocycles. The average molecular weight is 464 g/mol. The van der Waals surface area contributed by atoms with Gasteiger partial charge in [0.05, 0.1) is 28.3 Å². The molecule has 0 radical (unpaired) electrons. The van der Waals surface area contributed by atoms with Gasteiger partial charge in [-0.2, -0.15) is 0 Å². The highest BCUT2D eigenvalue weighted by atomic mass is 32.2. The fourth-order valence-corrected chi connectivity index (χ4v) is 5.00. The Labute approximate surface area is 184 Å². The molecule has 2 heterocycles. The number of sulfone groups is 1. The van der Waals surface area contributed by atoms with Crippen LogP contribution < -0.4 is 4.90 Å². The van der Waals surface area contributed by atoms with Crippen molar-refractivity contribution in [1.82, 2.24) is 9.88 Å². The van der Waals surface area contributed by atoms with Gasteiger partial charge >= 0.3 is 0 Å². The van der Waals surface area contributed by atoms with Crippen molar-refractivity contribution >= 4 is 42.4 Å². The van der Waals surface area contributed by atoms with Gasteiger partial charge < -0.3 is 4.74 Å². The minimum Gasteiger partial charge on any atom is -0.379 e. The van der Waals surface area contributed by atoms with Crippen LogP contribution in [0, 0.1) is 5.82 Å². The first kappa shape index (κ1) is 21.8. The van der Waals surface area contributed by atoms with Gasteiger partial charge in [-0.15, -0.1) is 0 Å². The van der Waals surface area contributed by atoms with E-state index >= 15 is 0 Å². The van der Waals surface area contributed by atoms with Gasteiger partial charge in [-0.1, -0.05) is 11.3 Å². The second-order valence-corrected chi connectivity index (χ2v) is 10.3. The first-order valence-corrected chi connectivity index (χ1v) is 12.5. The van der Waals surface area contributed by atoms with E-state index < -0.39 is 9.84 Å². The van der Waals surface area contributed by atoms with E-state index in [9.17, 15) is 17.6 Å². The van der Waals surface area contributed by atoms with Crippen LogP contribution in [-0.2, 0) is 14.6 Å². The molecule has 0 N–H and O–H groups in total. The molecule has 31 heavy (non-hydrogen) atoms. The molecule has 2 aromatic carbocycles. The van der Waals surface area contributed by atoms with Crippen LogP contribution in [-0.4, -0.2) is 69.9 Å². The second kappa shape index (κ2) is 8.99. The quantitative estimate of drug-likeness (QED) is 0.559. The fraction of sp³-hybridized carbons (Fsp3) is 0.333. The van der Waals surface area contributed by atoms with Crippen molar-refractivity contribution in [3.05, 3.63) is 53.8 Å². The summed E-state index contributed by atoms with van der Waals surface area (Å²) in [6.45, 7) is 3.92. The lowest BCUT2D eigenvalue weighted by Gasteiger charge is -2.29. The molecule has 0 spiro atoms. The van der Waals surface area contributed by atoms with Gasteiger partial charge in [0.15, 0.2) is 15.0 Å². The van der Waals surface area contributed by atoms with E-state index in [2.05, 4.69) is 9.88 Å². The van der Waals surface area contributed by atoms with Crippen LogP contribution in [0.2, 0.25) is 0 Å². The van der Waals surface area contributed by atoms with E-state index in [4.69, 9.17) is 4.74 Å². The van der Waals surface area contributed by atoms with E-state index in [1.54, 1.807) is 11.0 Å². The number of fused-ring (bicyclic) bond motifs is 1. The molecule has 0 unspecified atom stereocenters. The topological polar surface area (TPSA) is 79.8 Å². The number of benzene rings is 2. The number of aromatic nitrogens is 1. The number of carbonyl (C=O) groups is 1. The van der Waals surface area contributed by atoms with E-state index in [0.29, 0.717) is 47.2 Å². The molecule has 0 aliphatic carbocycles. The molecule has 4 rings (SSSR count). The van der Waals surface area contributed by atoms with Crippen LogP contribution in [0.15, 0.2) is 47.4 Å². The van der Waals surface area contributed by atoms with Gasteiger partial charge in [0.2, 0.25) is 0 Å². The van der Waals surface area contributed by atoms with Crippen LogP contribution in [0.25, 0.3) is 10.2 Å². The third kappa shape index (κ3) is 5.09. The van der Waals surface area contributed by atoms with Gasteiger partial charge in [0, 0.05) is 38.0 Å². The molecule has 1 aromatic heterocycles. The number of carbonyl (C=O) groups excluding carboxylic acids is 1. The van der Waals surface area contributed by atoms with E-state index in [-0.39, 0.29) is 16.6 Å². The van der Waals surface area contributed by atoms with Gasteiger partial charge in [0.25, 0.3) is 5.91 Å². The number of morpholine rings is 1. The maximum atomic E-state index is 13.6. The molecule has 164 valence electrons. The summed E-state index contributed by atoms with van der Waals surface area (Å²) >= 11 is 1.25. The zero-order valence-electron chi connectivity index (χ0n) is 17.0. The Bertz CT molecular complexity index is 1190. The molecule has 10 heteroatoms. The SMILES string of the molecule is CS(=O)(=O)c1ccc(C(=O)N(CCN2CCOCC2)c2nc3ccc(F)cc3s2)cc1. The molecule has 0 atom stereocenters. The highest BCUT2D eigenvalue weighted by Gasteiger charge is 2.23. The van der Waals surface area contributed by atoms with Gasteiger partial charge in [-0.25, -0.2) is 17.8 Å². The van der Waals surface area contributed by atoms with Gasteiger partial charge in [0.1, 0.15) is 5.82 Å². The Morgan fingerprint density at radius 1 is 1.19 bits per heavy atom. The summed E-state index contributed by atoms with van der Waals surface area (Å²) in [6, 6.07) is 10.2. The lowest BCUT2D eigenvalue weighted by Crippen LogP contribution is -2.43. The third-order valence-corrected chi connectivity index (χ3v) is 7.26. The fourth-order valence-electron chi connectivity index (χ4n) is 3.35. The molecule has 7 nitrogen and oxygen atoms in total. The second-order valence-electron chi connectivity index (χ2n) is 7.32. The predicted octanol–water partition coefficient (Wildman–Crippen LogP) is 2.82. The normalized spacial score (nSPS) is 15.3. The first-order valence-electron chi connectivity index (χ1n) is 9.79. The molecular weight excluding hydrogens is 441 g/mol. The number of hydrogen-bond acceptors (Lipinski definition) is 7. The number of thiazole rings is 1. The lowest BCUT2D eigenvalue weighted by atomic mass is 10.2. The number of rotatable bonds is 6. The highest BCUT2D eigenvalue weighted by Crippen LogP contribution is 2.30. The first-order chi connectivity index (χ1) is 14.8. The number of anilines is 1. The van der Waals surface area contributed by atoms with Crippen molar-refractivity contribution in [1.29, 1.82) is 0 Å². The van der Waals surface area contributed by atoms with Crippen LogP contribution in [0.3, 0.4) is 0 Å². The summed E-state index contributed by atoms with van der Waals surface area (Å²) in [5.74, 6) is -0.641. The van der Waals surface area contributed by atoms with E-state index in [1.807, 2.05) is 0 Å². The lowest BCUT2D eigenvalue weighted by molar-refractivity contribution is 0.0391. The summed E-state index contributed by atoms with van der Waals surface area (Å²) in [4.78, 5) is 21.8. The Kier molecular flexibility index (Phi) is 6.33. The Balaban J connectivity index is 1.63. The smallest absolute Gasteiger partial charge is 0.260 e. The summed E-state index contributed by atoms with van der Waals surface area (Å²) < 4.78 is 43.1. The minimum absolute atomic E-state index is 0.152. The number of nitrogens with zero attached hydrogens (tertiary/aromatic N) is 3. The molecule has 0 bridgehead atoms. The van der Waals surface area contributed by atoms with E-state index in [0.717, 1.165) is 19.3 Å². The van der Waals surface area contributed by atoms with Crippen LogP contribution in [0.1, 0.15) is 10.4 Å². The highest BCUT2D eigenvalue weighted by molar-refractivity contribution is 7.90. The third-order valence-electron chi connectivity index (χ3n) is 5.09. The summed E-state index contributed by atoms with van der Waals surface area (Å²) in [5, 5.41) is 0.478. The minimum atomic E-state index is -3.35. The zero-order chi connectivity index (χ0) is 22.0. The number of amides is 1. The number of hydrogen-bond donors (Lipinski definition) is 0. The Hall–Kier alpha value is -2.40.